The Hall–Kier alpha value is -3.42. The van der Waals surface area contributed by atoms with Crippen molar-refractivity contribution in [2.45, 2.75) is 40.2 Å². The van der Waals surface area contributed by atoms with E-state index in [0.29, 0.717) is 31.3 Å². The summed E-state index contributed by atoms with van der Waals surface area (Å²) < 4.78 is 16.2. The van der Waals surface area contributed by atoms with Crippen LogP contribution < -0.4 is 9.47 Å². The summed E-state index contributed by atoms with van der Waals surface area (Å²) in [7, 11) is 3.40. The molecule has 2 heterocycles. The van der Waals surface area contributed by atoms with Crippen LogP contribution in [0.15, 0.2) is 35.0 Å². The molecule has 2 aromatic heterocycles. The third kappa shape index (κ3) is 5.39. The molecule has 8 nitrogen and oxygen atoms in total. The summed E-state index contributed by atoms with van der Waals surface area (Å²) in [5.74, 6) is 2.49. The van der Waals surface area contributed by atoms with E-state index in [1.165, 1.54) is 0 Å². The van der Waals surface area contributed by atoms with E-state index in [2.05, 4.69) is 15.1 Å². The fourth-order valence-electron chi connectivity index (χ4n) is 3.29. The van der Waals surface area contributed by atoms with Crippen LogP contribution in [0.25, 0.3) is 11.4 Å². The molecule has 0 aliphatic heterocycles. The second-order valence-electron chi connectivity index (χ2n) is 7.27. The van der Waals surface area contributed by atoms with Gasteiger partial charge in [0.15, 0.2) is 0 Å². The Bertz CT molecular complexity index is 1030. The predicted molar refractivity (Wildman–Crippen MR) is 116 cm³/mol. The molecule has 1 amide bonds. The minimum absolute atomic E-state index is 0.0263. The molecule has 0 saturated carbocycles. The first-order chi connectivity index (χ1) is 14.9. The maximum atomic E-state index is 12.6. The SMILES string of the molecule is CCOc1ccc(-c2noc(CCC(=O)N(C)Cc3ncc(C)c(OC)c3C)n2)cc1. The molecule has 0 radical (unpaired) electrons. The van der Waals surface area contributed by atoms with Crippen LogP contribution in [0.1, 0.15) is 36.1 Å². The summed E-state index contributed by atoms with van der Waals surface area (Å²) >= 11 is 0. The zero-order valence-electron chi connectivity index (χ0n) is 18.6. The normalized spacial score (nSPS) is 10.7. The Balaban J connectivity index is 1.57. The lowest BCUT2D eigenvalue weighted by atomic mass is 10.1. The van der Waals surface area contributed by atoms with E-state index >= 15 is 0 Å². The van der Waals surface area contributed by atoms with Gasteiger partial charge < -0.3 is 18.9 Å². The lowest BCUT2D eigenvalue weighted by Crippen LogP contribution is -2.27. The smallest absolute Gasteiger partial charge is 0.227 e. The largest absolute Gasteiger partial charge is 0.496 e. The summed E-state index contributed by atoms with van der Waals surface area (Å²) in [4.78, 5) is 23.1. The number of nitrogens with zero attached hydrogens (tertiary/aromatic N) is 4. The summed E-state index contributed by atoms with van der Waals surface area (Å²) in [6, 6.07) is 7.49. The second-order valence-corrected chi connectivity index (χ2v) is 7.27. The number of amides is 1. The Morgan fingerprint density at radius 1 is 1.19 bits per heavy atom. The summed E-state index contributed by atoms with van der Waals surface area (Å²) in [5, 5.41) is 4.02. The van der Waals surface area contributed by atoms with Crippen molar-refractivity contribution in [1.82, 2.24) is 20.0 Å². The zero-order chi connectivity index (χ0) is 22.4. The number of methoxy groups -OCH3 is 1. The fourth-order valence-corrected chi connectivity index (χ4v) is 3.29. The van der Waals surface area contributed by atoms with Crippen LogP contribution in [0.5, 0.6) is 11.5 Å². The molecular weight excluding hydrogens is 396 g/mol. The summed E-state index contributed by atoms with van der Waals surface area (Å²) in [5.41, 5.74) is 3.56. The van der Waals surface area contributed by atoms with Crippen molar-refractivity contribution in [3.63, 3.8) is 0 Å². The van der Waals surface area contributed by atoms with Crippen LogP contribution in [0.4, 0.5) is 0 Å². The van der Waals surface area contributed by atoms with Gasteiger partial charge in [-0.15, -0.1) is 0 Å². The molecule has 0 N–H and O–H groups in total. The number of aryl methyl sites for hydroxylation is 2. The third-order valence-electron chi connectivity index (χ3n) is 5.01. The van der Waals surface area contributed by atoms with Crippen molar-refractivity contribution in [3.05, 3.63) is 53.2 Å². The average molecular weight is 425 g/mol. The van der Waals surface area contributed by atoms with E-state index in [4.69, 9.17) is 14.0 Å². The van der Waals surface area contributed by atoms with Gasteiger partial charge >= 0.3 is 0 Å². The molecule has 0 saturated heterocycles. The highest BCUT2D eigenvalue weighted by Crippen LogP contribution is 2.25. The van der Waals surface area contributed by atoms with Gasteiger partial charge in [-0.2, -0.15) is 4.98 Å². The van der Waals surface area contributed by atoms with Gasteiger partial charge in [0.25, 0.3) is 0 Å². The van der Waals surface area contributed by atoms with Crippen LogP contribution in [0, 0.1) is 13.8 Å². The standard InChI is InChI=1S/C23H28N4O4/c1-6-30-18-9-7-17(8-10-18)23-25-20(31-26-23)11-12-21(28)27(4)14-19-16(3)22(29-5)15(2)13-24-19/h7-10,13H,6,11-12,14H2,1-5H3. The maximum Gasteiger partial charge on any atom is 0.227 e. The van der Waals surface area contributed by atoms with Crippen LogP contribution >= 0.6 is 0 Å². The quantitative estimate of drug-likeness (QED) is 0.517. The number of pyridine rings is 1. The van der Waals surface area contributed by atoms with Crippen molar-refractivity contribution in [1.29, 1.82) is 0 Å². The van der Waals surface area contributed by atoms with E-state index in [1.807, 2.05) is 45.0 Å². The van der Waals surface area contributed by atoms with Gasteiger partial charge in [0.05, 0.1) is 26.0 Å². The molecule has 3 rings (SSSR count). The Labute approximate surface area is 182 Å². The number of ether oxygens (including phenoxy) is 2. The van der Waals surface area contributed by atoms with E-state index in [9.17, 15) is 4.79 Å². The van der Waals surface area contributed by atoms with Crippen molar-refractivity contribution in [3.8, 4) is 22.9 Å². The molecule has 0 bridgehead atoms. The van der Waals surface area contributed by atoms with Gasteiger partial charge in [-0.3, -0.25) is 9.78 Å². The number of rotatable bonds is 9. The molecule has 0 spiro atoms. The number of carbonyl (C=O) groups excluding carboxylic acids is 1. The number of hydrogen-bond acceptors (Lipinski definition) is 7. The Kier molecular flexibility index (Phi) is 7.23. The van der Waals surface area contributed by atoms with Gasteiger partial charge in [-0.25, -0.2) is 0 Å². The first kappa shape index (κ1) is 22.3. The van der Waals surface area contributed by atoms with Gasteiger partial charge in [0.2, 0.25) is 17.6 Å². The maximum absolute atomic E-state index is 12.6. The average Bonchev–Trinajstić information content (AvgIpc) is 3.24. The van der Waals surface area contributed by atoms with E-state index in [1.54, 1.807) is 25.3 Å². The zero-order valence-corrected chi connectivity index (χ0v) is 18.6. The van der Waals surface area contributed by atoms with Crippen LogP contribution in [-0.4, -0.2) is 46.7 Å². The topological polar surface area (TPSA) is 90.6 Å². The molecule has 0 fully saturated rings. The number of aromatic nitrogens is 3. The van der Waals surface area contributed by atoms with Gasteiger partial charge in [-0.05, 0) is 45.0 Å². The van der Waals surface area contributed by atoms with Crippen molar-refractivity contribution >= 4 is 5.91 Å². The van der Waals surface area contributed by atoms with E-state index in [-0.39, 0.29) is 12.3 Å². The fraction of sp³-hybridized carbons (Fsp3) is 0.391. The van der Waals surface area contributed by atoms with E-state index in [0.717, 1.165) is 33.9 Å². The van der Waals surface area contributed by atoms with Crippen LogP contribution in [-0.2, 0) is 17.8 Å². The van der Waals surface area contributed by atoms with Crippen molar-refractivity contribution in [2.24, 2.45) is 0 Å². The molecule has 0 unspecified atom stereocenters. The van der Waals surface area contributed by atoms with Gasteiger partial charge in [0.1, 0.15) is 11.5 Å². The first-order valence-electron chi connectivity index (χ1n) is 10.2. The summed E-state index contributed by atoms with van der Waals surface area (Å²) in [6.07, 6.45) is 2.40. The molecule has 8 heteroatoms. The highest BCUT2D eigenvalue weighted by molar-refractivity contribution is 5.76. The summed E-state index contributed by atoms with van der Waals surface area (Å²) in [6.45, 7) is 6.86. The third-order valence-corrected chi connectivity index (χ3v) is 5.01. The molecule has 0 aliphatic rings. The number of carbonyl (C=O) groups is 1. The highest BCUT2D eigenvalue weighted by atomic mass is 16.5. The van der Waals surface area contributed by atoms with Crippen molar-refractivity contribution < 1.29 is 18.8 Å². The number of benzene rings is 1. The van der Waals surface area contributed by atoms with Gasteiger partial charge in [-0.1, -0.05) is 5.16 Å². The van der Waals surface area contributed by atoms with Crippen molar-refractivity contribution in [2.75, 3.05) is 20.8 Å². The van der Waals surface area contributed by atoms with E-state index < -0.39 is 0 Å². The molecule has 31 heavy (non-hydrogen) atoms. The lowest BCUT2D eigenvalue weighted by molar-refractivity contribution is -0.130. The monoisotopic (exact) mass is 424 g/mol. The van der Waals surface area contributed by atoms with Gasteiger partial charge in [0, 0.05) is 42.8 Å². The molecule has 0 aliphatic carbocycles. The Morgan fingerprint density at radius 3 is 2.61 bits per heavy atom. The number of hydrogen-bond donors (Lipinski definition) is 0. The highest BCUT2D eigenvalue weighted by Gasteiger charge is 2.16. The van der Waals surface area contributed by atoms with Crippen LogP contribution in [0.3, 0.4) is 0 Å². The lowest BCUT2D eigenvalue weighted by Gasteiger charge is -2.19. The second kappa shape index (κ2) is 10.1. The molecule has 1 aromatic carbocycles. The molecular formula is C23H28N4O4. The van der Waals surface area contributed by atoms with Crippen LogP contribution in [0.2, 0.25) is 0 Å². The molecule has 164 valence electrons. The minimum Gasteiger partial charge on any atom is -0.496 e. The molecule has 3 aromatic rings. The predicted octanol–water partition coefficient (Wildman–Crippen LogP) is 3.75. The molecule has 0 atom stereocenters. The first-order valence-corrected chi connectivity index (χ1v) is 10.2. The Morgan fingerprint density at radius 2 is 1.94 bits per heavy atom. The minimum atomic E-state index is -0.0263.